The van der Waals surface area contributed by atoms with Gasteiger partial charge in [-0.3, -0.25) is 10.1 Å². The first-order chi connectivity index (χ1) is 15.2. The molecule has 6 heteroatoms. The van der Waals surface area contributed by atoms with Gasteiger partial charge in [0.15, 0.2) is 5.11 Å². The van der Waals surface area contributed by atoms with Crippen molar-refractivity contribution >= 4 is 39.2 Å². The van der Waals surface area contributed by atoms with E-state index in [1.165, 1.54) is 18.4 Å². The zero-order valence-corrected chi connectivity index (χ0v) is 21.5. The normalized spacial score (nSPS) is 18.6. The van der Waals surface area contributed by atoms with Crippen molar-refractivity contribution in [2.24, 2.45) is 11.3 Å². The molecule has 0 aliphatic heterocycles. The van der Waals surface area contributed by atoms with Crippen molar-refractivity contribution in [1.82, 2.24) is 10.6 Å². The van der Waals surface area contributed by atoms with Gasteiger partial charge < -0.3 is 10.1 Å². The fourth-order valence-electron chi connectivity index (χ4n) is 4.22. The van der Waals surface area contributed by atoms with E-state index in [9.17, 15) is 4.79 Å². The third-order valence-electron chi connectivity index (χ3n) is 6.19. The minimum Gasteiger partial charge on any atom is -0.492 e. The van der Waals surface area contributed by atoms with Crippen LogP contribution in [0.3, 0.4) is 0 Å². The minimum atomic E-state index is -0.262. The maximum atomic E-state index is 12.9. The predicted octanol–water partition coefficient (Wildman–Crippen LogP) is 6.28. The Kier molecular flexibility index (Phi) is 8.72. The Labute approximate surface area is 205 Å². The zero-order valence-electron chi connectivity index (χ0n) is 19.1. The molecule has 0 bridgehead atoms. The summed E-state index contributed by atoms with van der Waals surface area (Å²) in [4.78, 5) is 12.9. The summed E-state index contributed by atoms with van der Waals surface area (Å²) < 4.78 is 6.76. The zero-order chi connectivity index (χ0) is 23.1. The summed E-state index contributed by atoms with van der Waals surface area (Å²) in [6, 6.07) is 15.9. The summed E-state index contributed by atoms with van der Waals surface area (Å²) in [5.74, 6) is 1.03. The molecule has 0 heterocycles. The average molecular weight is 518 g/mol. The molecule has 4 nitrogen and oxygen atoms in total. The van der Waals surface area contributed by atoms with Gasteiger partial charge in [0.2, 0.25) is 0 Å². The molecular weight excluding hydrogens is 484 g/mol. The van der Waals surface area contributed by atoms with Crippen LogP contribution in [0, 0.1) is 11.3 Å². The van der Waals surface area contributed by atoms with Crippen molar-refractivity contribution < 1.29 is 9.53 Å². The van der Waals surface area contributed by atoms with E-state index in [1.54, 1.807) is 6.07 Å². The van der Waals surface area contributed by atoms with Crippen LogP contribution in [0.25, 0.3) is 0 Å². The molecule has 3 rings (SSSR count). The molecule has 1 saturated carbocycles. The van der Waals surface area contributed by atoms with E-state index in [1.807, 2.05) is 30.3 Å². The van der Waals surface area contributed by atoms with Crippen molar-refractivity contribution in [2.45, 2.75) is 58.9 Å². The molecule has 172 valence electrons. The maximum absolute atomic E-state index is 12.9. The Morgan fingerprint density at radius 1 is 1.09 bits per heavy atom. The molecule has 1 aliphatic rings. The lowest BCUT2D eigenvalue weighted by atomic mass is 9.71. The lowest BCUT2D eigenvalue weighted by molar-refractivity contribution is 0.0972. The summed E-state index contributed by atoms with van der Waals surface area (Å²) in [6.45, 7) is 7.43. The van der Waals surface area contributed by atoms with E-state index >= 15 is 0 Å². The highest BCUT2D eigenvalue weighted by atomic mass is 79.9. The van der Waals surface area contributed by atoms with Crippen LogP contribution >= 0.6 is 28.1 Å². The van der Waals surface area contributed by atoms with Crippen molar-refractivity contribution in [1.29, 1.82) is 0 Å². The van der Waals surface area contributed by atoms with Crippen LogP contribution in [0.5, 0.6) is 5.75 Å². The van der Waals surface area contributed by atoms with Crippen LogP contribution in [0.1, 0.15) is 62.4 Å². The molecule has 32 heavy (non-hydrogen) atoms. The molecule has 2 aromatic carbocycles. The standard InChI is InChI=1S/C26H33BrN2O2S/c1-26(2,3)19-9-12-21(13-10-19)28-25(32)29-24(30)22-17-20(27)11-14-23(22)31-16-15-18-7-5-4-6-8-18/h4-8,11,14,17,19,21H,9-10,12-13,15-16H2,1-3H3,(H2,28,29,30,32). The number of carbonyl (C=O) groups excluding carboxylic acids is 1. The van der Waals surface area contributed by atoms with Gasteiger partial charge in [0.25, 0.3) is 5.91 Å². The number of hydrogen-bond acceptors (Lipinski definition) is 3. The van der Waals surface area contributed by atoms with E-state index in [-0.39, 0.29) is 5.91 Å². The Hall–Kier alpha value is -1.92. The molecule has 0 radical (unpaired) electrons. The van der Waals surface area contributed by atoms with Crippen molar-refractivity contribution in [3.8, 4) is 5.75 Å². The van der Waals surface area contributed by atoms with Gasteiger partial charge >= 0.3 is 0 Å². The largest absolute Gasteiger partial charge is 0.492 e. The first kappa shape index (κ1) is 24.7. The van der Waals surface area contributed by atoms with Gasteiger partial charge in [0, 0.05) is 16.9 Å². The highest BCUT2D eigenvalue weighted by Gasteiger charge is 2.30. The van der Waals surface area contributed by atoms with Crippen LogP contribution in [-0.2, 0) is 6.42 Å². The number of amides is 1. The van der Waals surface area contributed by atoms with Gasteiger partial charge in [0.1, 0.15) is 5.75 Å². The third kappa shape index (κ3) is 7.31. The smallest absolute Gasteiger partial charge is 0.261 e. The molecule has 1 fully saturated rings. The van der Waals surface area contributed by atoms with E-state index in [0.717, 1.165) is 29.7 Å². The van der Waals surface area contributed by atoms with Gasteiger partial charge in [-0.25, -0.2) is 0 Å². The first-order valence-corrected chi connectivity index (χ1v) is 12.5. The quantitative estimate of drug-likeness (QED) is 0.443. The number of rotatable bonds is 6. The molecular formula is C26H33BrN2O2S. The SMILES string of the molecule is CC(C)(C)C1CCC(NC(=S)NC(=O)c2cc(Br)ccc2OCCc2ccccc2)CC1. The molecule has 0 saturated heterocycles. The number of nitrogens with one attached hydrogen (secondary N) is 2. The molecule has 1 amide bonds. The van der Waals surface area contributed by atoms with Crippen LogP contribution in [0.15, 0.2) is 53.0 Å². The molecule has 2 aromatic rings. The fraction of sp³-hybridized carbons (Fsp3) is 0.462. The molecule has 0 spiro atoms. The molecule has 0 aromatic heterocycles. The first-order valence-electron chi connectivity index (χ1n) is 11.3. The molecule has 0 atom stereocenters. The van der Waals surface area contributed by atoms with Crippen molar-refractivity contribution in [3.05, 3.63) is 64.1 Å². The third-order valence-corrected chi connectivity index (χ3v) is 6.90. The van der Waals surface area contributed by atoms with E-state index < -0.39 is 0 Å². The lowest BCUT2D eigenvalue weighted by Crippen LogP contribution is -2.46. The Balaban J connectivity index is 1.54. The number of thiocarbonyl (C=S) groups is 1. The van der Waals surface area contributed by atoms with Crippen LogP contribution in [0.2, 0.25) is 0 Å². The fourth-order valence-corrected chi connectivity index (χ4v) is 4.85. The van der Waals surface area contributed by atoms with Crippen LogP contribution < -0.4 is 15.4 Å². The Morgan fingerprint density at radius 3 is 2.44 bits per heavy atom. The molecule has 1 aliphatic carbocycles. The number of benzene rings is 2. The van der Waals surface area contributed by atoms with E-state index in [2.05, 4.69) is 59.5 Å². The van der Waals surface area contributed by atoms with Gasteiger partial charge in [-0.2, -0.15) is 0 Å². The van der Waals surface area contributed by atoms with E-state index in [4.69, 9.17) is 17.0 Å². The second-order valence-electron chi connectivity index (χ2n) is 9.57. The van der Waals surface area contributed by atoms with Crippen LogP contribution in [0.4, 0.5) is 0 Å². The minimum absolute atomic E-state index is 0.262. The predicted molar refractivity (Wildman–Crippen MR) is 138 cm³/mol. The van der Waals surface area contributed by atoms with E-state index in [0.29, 0.717) is 34.5 Å². The second-order valence-corrected chi connectivity index (χ2v) is 10.9. The average Bonchev–Trinajstić information content (AvgIpc) is 2.75. The summed E-state index contributed by atoms with van der Waals surface area (Å²) >= 11 is 8.90. The summed E-state index contributed by atoms with van der Waals surface area (Å²) in [7, 11) is 0. The van der Waals surface area contributed by atoms with Crippen molar-refractivity contribution in [3.63, 3.8) is 0 Å². The number of hydrogen-bond donors (Lipinski definition) is 2. The number of ether oxygens (including phenoxy) is 1. The highest BCUT2D eigenvalue weighted by Crippen LogP contribution is 2.37. The molecule has 0 unspecified atom stereocenters. The second kappa shape index (κ2) is 11.3. The monoisotopic (exact) mass is 516 g/mol. The topological polar surface area (TPSA) is 50.4 Å². The maximum Gasteiger partial charge on any atom is 0.261 e. The Morgan fingerprint density at radius 2 is 1.78 bits per heavy atom. The summed E-state index contributed by atoms with van der Waals surface area (Å²) in [6.07, 6.45) is 5.28. The van der Waals surface area contributed by atoms with Gasteiger partial charge in [-0.1, -0.05) is 67.0 Å². The highest BCUT2D eigenvalue weighted by molar-refractivity contribution is 9.10. The van der Waals surface area contributed by atoms with Crippen LogP contribution in [-0.4, -0.2) is 23.7 Å². The van der Waals surface area contributed by atoms with Gasteiger partial charge in [-0.15, -0.1) is 0 Å². The summed E-state index contributed by atoms with van der Waals surface area (Å²) in [5.41, 5.74) is 2.01. The lowest BCUT2D eigenvalue weighted by Gasteiger charge is -2.37. The van der Waals surface area contributed by atoms with Gasteiger partial charge in [-0.05, 0) is 73.0 Å². The molecule has 2 N–H and O–H groups in total. The van der Waals surface area contributed by atoms with Crippen molar-refractivity contribution in [2.75, 3.05) is 6.61 Å². The number of halogens is 1. The summed E-state index contributed by atoms with van der Waals surface area (Å²) in [5, 5.41) is 6.56. The Bertz CT molecular complexity index is 919. The van der Waals surface area contributed by atoms with Gasteiger partial charge in [0.05, 0.1) is 12.2 Å². The number of carbonyl (C=O) groups is 1.